The van der Waals surface area contributed by atoms with Gasteiger partial charge in [-0.15, -0.1) is 0 Å². The van der Waals surface area contributed by atoms with Crippen molar-refractivity contribution in [3.8, 4) is 0 Å². The minimum Gasteiger partial charge on any atom is -0.339 e. The molecule has 0 aliphatic rings. The molecule has 0 aromatic heterocycles. The summed E-state index contributed by atoms with van der Waals surface area (Å²) in [7, 11) is -2.56. The van der Waals surface area contributed by atoms with Gasteiger partial charge in [-0.1, -0.05) is 41.7 Å². The fourth-order valence-electron chi connectivity index (χ4n) is 1.63. The van der Waals surface area contributed by atoms with Crippen molar-refractivity contribution >= 4 is 50.7 Å². The van der Waals surface area contributed by atoms with E-state index in [9.17, 15) is 13.2 Å². The quantitative estimate of drug-likeness (QED) is 0.823. The van der Waals surface area contributed by atoms with Gasteiger partial charge in [0.05, 0.1) is 20.6 Å². The third kappa shape index (κ3) is 3.81. The number of halogens is 3. The number of nitrogens with zero attached hydrogens (tertiary/aromatic N) is 1. The van der Waals surface area contributed by atoms with E-state index in [0.29, 0.717) is 6.42 Å². The lowest BCUT2D eigenvalue weighted by Gasteiger charge is -2.25. The highest BCUT2D eigenvalue weighted by molar-refractivity contribution is 7.89. The van der Waals surface area contributed by atoms with E-state index < -0.39 is 20.8 Å². The van der Waals surface area contributed by atoms with Crippen LogP contribution in [0.2, 0.25) is 15.1 Å². The van der Waals surface area contributed by atoms with Crippen molar-refractivity contribution in [2.45, 2.75) is 31.2 Å². The van der Waals surface area contributed by atoms with Crippen LogP contribution >= 0.6 is 34.8 Å². The highest BCUT2D eigenvalue weighted by Gasteiger charge is 2.28. The molecular weight excluding hydrogens is 359 g/mol. The van der Waals surface area contributed by atoms with Gasteiger partial charge in [0.15, 0.2) is 0 Å². The summed E-state index contributed by atoms with van der Waals surface area (Å²) in [4.78, 5) is 13.5. The lowest BCUT2D eigenvalue weighted by atomic mass is 10.1. The number of nitrogens with two attached hydrogens (primary N) is 1. The van der Waals surface area contributed by atoms with Crippen LogP contribution in [-0.4, -0.2) is 32.3 Å². The van der Waals surface area contributed by atoms with Crippen molar-refractivity contribution in [3.63, 3.8) is 0 Å². The Bertz CT molecular complexity index is 677. The van der Waals surface area contributed by atoms with Crippen LogP contribution in [0.25, 0.3) is 0 Å². The van der Waals surface area contributed by atoms with Crippen molar-refractivity contribution in [2.75, 3.05) is 7.05 Å². The van der Waals surface area contributed by atoms with Crippen LogP contribution in [0.3, 0.4) is 0 Å². The Hall–Kier alpha value is -0.530. The Morgan fingerprint density at radius 3 is 2.29 bits per heavy atom. The van der Waals surface area contributed by atoms with Gasteiger partial charge in [0, 0.05) is 13.1 Å². The van der Waals surface area contributed by atoms with E-state index in [2.05, 4.69) is 0 Å². The van der Waals surface area contributed by atoms with Crippen molar-refractivity contribution in [1.82, 2.24) is 4.90 Å². The summed E-state index contributed by atoms with van der Waals surface area (Å²) in [6.45, 7) is 3.75. The molecule has 5 nitrogen and oxygen atoms in total. The monoisotopic (exact) mass is 372 g/mol. The SMILES string of the molecule is CCC(C)N(C)C(=O)c1c(Cl)c(Cl)cc(S(N)(=O)=O)c1Cl. The second kappa shape index (κ2) is 6.71. The molecule has 0 aliphatic heterocycles. The molecule has 0 heterocycles. The van der Waals surface area contributed by atoms with Gasteiger partial charge in [-0.2, -0.15) is 0 Å². The third-order valence-electron chi connectivity index (χ3n) is 3.22. The summed E-state index contributed by atoms with van der Waals surface area (Å²) in [5.41, 5.74) is -0.169. The molecule has 0 saturated carbocycles. The Morgan fingerprint density at radius 1 is 1.33 bits per heavy atom. The molecule has 1 aromatic carbocycles. The molecular formula is C12H15Cl3N2O3S. The summed E-state index contributed by atoms with van der Waals surface area (Å²) < 4.78 is 23.0. The molecule has 1 atom stereocenters. The van der Waals surface area contributed by atoms with Crippen LogP contribution in [0.1, 0.15) is 30.6 Å². The van der Waals surface area contributed by atoms with Crippen LogP contribution in [0.4, 0.5) is 0 Å². The number of sulfonamides is 1. The van der Waals surface area contributed by atoms with Gasteiger partial charge in [0.1, 0.15) is 4.90 Å². The second-order valence-electron chi connectivity index (χ2n) is 4.58. The zero-order valence-corrected chi connectivity index (χ0v) is 14.7. The topological polar surface area (TPSA) is 80.5 Å². The Balaban J connectivity index is 3.57. The van der Waals surface area contributed by atoms with E-state index in [0.717, 1.165) is 6.07 Å². The molecule has 1 amide bonds. The van der Waals surface area contributed by atoms with E-state index in [1.54, 1.807) is 7.05 Å². The van der Waals surface area contributed by atoms with Crippen molar-refractivity contribution < 1.29 is 13.2 Å². The molecule has 0 spiro atoms. The number of hydrogen-bond acceptors (Lipinski definition) is 3. The molecule has 0 saturated heterocycles. The lowest BCUT2D eigenvalue weighted by Crippen LogP contribution is -2.35. The van der Waals surface area contributed by atoms with E-state index in [4.69, 9.17) is 39.9 Å². The molecule has 0 aliphatic carbocycles. The largest absolute Gasteiger partial charge is 0.339 e. The average molecular weight is 374 g/mol. The number of primary sulfonamides is 1. The molecule has 0 bridgehead atoms. The maximum Gasteiger partial charge on any atom is 0.256 e. The number of carbonyl (C=O) groups is 1. The van der Waals surface area contributed by atoms with Gasteiger partial charge in [0.2, 0.25) is 10.0 Å². The number of carbonyl (C=O) groups excluding carboxylic acids is 1. The summed E-state index contributed by atoms with van der Waals surface area (Å²) in [6, 6.07) is 0.947. The fraction of sp³-hybridized carbons (Fsp3) is 0.417. The summed E-state index contributed by atoms with van der Waals surface area (Å²) >= 11 is 17.9. The average Bonchev–Trinajstić information content (AvgIpc) is 2.39. The van der Waals surface area contributed by atoms with E-state index in [-0.39, 0.29) is 26.7 Å². The van der Waals surface area contributed by atoms with E-state index in [1.807, 2.05) is 13.8 Å². The van der Waals surface area contributed by atoms with Gasteiger partial charge < -0.3 is 4.90 Å². The van der Waals surface area contributed by atoms with Gasteiger partial charge in [0.25, 0.3) is 5.91 Å². The minimum absolute atomic E-state index is 0.0819. The first-order valence-electron chi connectivity index (χ1n) is 5.99. The normalized spacial score (nSPS) is 13.1. The number of hydrogen-bond donors (Lipinski definition) is 1. The molecule has 1 rings (SSSR count). The highest BCUT2D eigenvalue weighted by atomic mass is 35.5. The number of amides is 1. The predicted octanol–water partition coefficient (Wildman–Crippen LogP) is 3.16. The standard InChI is InChI=1S/C12H15Cl3N2O3S/c1-4-6(2)17(3)12(18)9-10(14)7(13)5-8(11(9)15)21(16,19)20/h5-6H,4H2,1-3H3,(H2,16,19,20). The lowest BCUT2D eigenvalue weighted by molar-refractivity contribution is 0.0740. The minimum atomic E-state index is -4.13. The summed E-state index contributed by atoms with van der Waals surface area (Å²) in [5, 5.41) is 4.53. The predicted molar refractivity (Wildman–Crippen MR) is 84.7 cm³/mol. The smallest absolute Gasteiger partial charge is 0.256 e. The number of benzene rings is 1. The Labute approximate surface area is 139 Å². The van der Waals surface area contributed by atoms with Gasteiger partial charge >= 0.3 is 0 Å². The molecule has 9 heteroatoms. The summed E-state index contributed by atoms with van der Waals surface area (Å²) in [5.74, 6) is -0.522. The van der Waals surface area contributed by atoms with Crippen LogP contribution in [0.5, 0.6) is 0 Å². The second-order valence-corrected chi connectivity index (χ2v) is 7.27. The third-order valence-corrected chi connectivity index (χ3v) is 5.44. The Kier molecular flexibility index (Phi) is 5.91. The van der Waals surface area contributed by atoms with Crippen LogP contribution < -0.4 is 5.14 Å². The van der Waals surface area contributed by atoms with E-state index >= 15 is 0 Å². The molecule has 21 heavy (non-hydrogen) atoms. The molecule has 0 radical (unpaired) electrons. The highest BCUT2D eigenvalue weighted by Crippen LogP contribution is 2.37. The van der Waals surface area contributed by atoms with Crippen molar-refractivity contribution in [3.05, 3.63) is 26.7 Å². The maximum absolute atomic E-state index is 12.5. The van der Waals surface area contributed by atoms with Crippen molar-refractivity contribution in [1.29, 1.82) is 0 Å². The zero-order chi connectivity index (χ0) is 16.5. The number of rotatable bonds is 4. The maximum atomic E-state index is 12.5. The van der Waals surface area contributed by atoms with Crippen LogP contribution in [-0.2, 0) is 10.0 Å². The van der Waals surface area contributed by atoms with Gasteiger partial charge in [-0.05, 0) is 19.4 Å². The van der Waals surface area contributed by atoms with Crippen molar-refractivity contribution in [2.24, 2.45) is 5.14 Å². The van der Waals surface area contributed by atoms with Crippen LogP contribution in [0, 0.1) is 0 Å². The molecule has 1 unspecified atom stereocenters. The molecule has 1 aromatic rings. The first-order chi connectivity index (χ1) is 9.52. The van der Waals surface area contributed by atoms with Gasteiger partial charge in [-0.25, -0.2) is 13.6 Å². The molecule has 118 valence electrons. The molecule has 0 fully saturated rings. The first kappa shape index (κ1) is 18.5. The zero-order valence-electron chi connectivity index (χ0n) is 11.7. The van der Waals surface area contributed by atoms with Gasteiger partial charge in [-0.3, -0.25) is 4.79 Å². The summed E-state index contributed by atoms with van der Waals surface area (Å²) in [6.07, 6.45) is 0.708. The Morgan fingerprint density at radius 2 is 1.86 bits per heavy atom. The fourth-order valence-corrected chi connectivity index (χ4v) is 3.36. The molecule has 2 N–H and O–H groups in total. The van der Waals surface area contributed by atoms with Crippen LogP contribution in [0.15, 0.2) is 11.0 Å². The first-order valence-corrected chi connectivity index (χ1v) is 8.67. The van der Waals surface area contributed by atoms with E-state index in [1.165, 1.54) is 4.90 Å².